The Kier molecular flexibility index (Phi) is 3.97. The first-order valence-corrected chi connectivity index (χ1v) is 7.64. The lowest BCUT2D eigenvalue weighted by molar-refractivity contribution is 0.0945. The fraction of sp³-hybridized carbons (Fsp3) is 0.200. The molecule has 2 heterocycles. The Hall–Kier alpha value is -2.54. The van der Waals surface area contributed by atoms with E-state index in [0.29, 0.717) is 12.2 Å². The number of aryl methyl sites for hydroxylation is 1. The zero-order valence-electron chi connectivity index (χ0n) is 12.3. The van der Waals surface area contributed by atoms with E-state index in [0.717, 1.165) is 26.8 Å². The second kappa shape index (κ2) is 6.07. The number of nitrogens with zero attached hydrogens (tertiary/aromatic N) is 3. The standard InChI is InChI=1S/C15H15N5OS/c1-9-10(2)17-19-13(9)14(21)16-8-12-18-20-15(22-12)11-6-4-3-5-7-11/h3-7H,8H2,1-2H3,(H,16,21)(H,17,19). The second-order valence-electron chi connectivity index (χ2n) is 4.87. The zero-order valence-corrected chi connectivity index (χ0v) is 13.1. The van der Waals surface area contributed by atoms with Gasteiger partial charge in [0.15, 0.2) is 5.69 Å². The molecule has 0 atom stereocenters. The summed E-state index contributed by atoms with van der Waals surface area (Å²) in [7, 11) is 0. The van der Waals surface area contributed by atoms with Gasteiger partial charge in [-0.05, 0) is 13.8 Å². The van der Waals surface area contributed by atoms with Gasteiger partial charge in [-0.1, -0.05) is 41.7 Å². The van der Waals surface area contributed by atoms with E-state index >= 15 is 0 Å². The summed E-state index contributed by atoms with van der Waals surface area (Å²) in [5.41, 5.74) is 3.20. The van der Waals surface area contributed by atoms with Crippen molar-refractivity contribution in [3.63, 3.8) is 0 Å². The van der Waals surface area contributed by atoms with Crippen molar-refractivity contribution in [2.45, 2.75) is 20.4 Å². The van der Waals surface area contributed by atoms with E-state index in [-0.39, 0.29) is 5.91 Å². The molecule has 22 heavy (non-hydrogen) atoms. The number of hydrogen-bond acceptors (Lipinski definition) is 5. The van der Waals surface area contributed by atoms with Crippen LogP contribution >= 0.6 is 11.3 Å². The van der Waals surface area contributed by atoms with Crippen molar-refractivity contribution in [3.8, 4) is 10.6 Å². The van der Waals surface area contributed by atoms with Crippen molar-refractivity contribution in [2.24, 2.45) is 0 Å². The van der Waals surface area contributed by atoms with Gasteiger partial charge in [-0.2, -0.15) is 5.10 Å². The molecule has 0 saturated carbocycles. The van der Waals surface area contributed by atoms with Crippen molar-refractivity contribution in [1.82, 2.24) is 25.7 Å². The molecule has 1 aromatic carbocycles. The molecule has 112 valence electrons. The maximum atomic E-state index is 12.1. The van der Waals surface area contributed by atoms with Crippen LogP contribution < -0.4 is 5.32 Å². The van der Waals surface area contributed by atoms with E-state index in [2.05, 4.69) is 25.7 Å². The molecule has 2 N–H and O–H groups in total. The Balaban J connectivity index is 1.66. The first-order chi connectivity index (χ1) is 10.6. The van der Waals surface area contributed by atoms with Gasteiger partial charge in [0.25, 0.3) is 5.91 Å². The van der Waals surface area contributed by atoms with Gasteiger partial charge in [0.05, 0.1) is 6.54 Å². The molecule has 0 aliphatic rings. The van der Waals surface area contributed by atoms with Crippen LogP contribution in [0.15, 0.2) is 30.3 Å². The number of benzene rings is 1. The molecule has 3 aromatic rings. The molecule has 2 aromatic heterocycles. The predicted molar refractivity (Wildman–Crippen MR) is 84.6 cm³/mol. The van der Waals surface area contributed by atoms with Gasteiger partial charge in [-0.15, -0.1) is 10.2 Å². The minimum Gasteiger partial charge on any atom is -0.344 e. The van der Waals surface area contributed by atoms with Gasteiger partial charge in [0, 0.05) is 16.8 Å². The third-order valence-electron chi connectivity index (χ3n) is 3.36. The molecule has 0 bridgehead atoms. The van der Waals surface area contributed by atoms with Crippen LogP contribution in [0.5, 0.6) is 0 Å². The first-order valence-electron chi connectivity index (χ1n) is 6.82. The van der Waals surface area contributed by atoms with Crippen LogP contribution in [0.3, 0.4) is 0 Å². The topological polar surface area (TPSA) is 83.6 Å². The zero-order chi connectivity index (χ0) is 15.5. The van der Waals surface area contributed by atoms with Gasteiger partial charge < -0.3 is 5.32 Å². The maximum Gasteiger partial charge on any atom is 0.272 e. The van der Waals surface area contributed by atoms with Gasteiger partial charge in [-0.25, -0.2) is 0 Å². The third kappa shape index (κ3) is 2.89. The summed E-state index contributed by atoms with van der Waals surface area (Å²) in [6, 6.07) is 9.85. The molecule has 1 amide bonds. The number of amides is 1. The Morgan fingerprint density at radius 3 is 2.68 bits per heavy atom. The minimum absolute atomic E-state index is 0.210. The lowest BCUT2D eigenvalue weighted by atomic mass is 10.2. The van der Waals surface area contributed by atoms with E-state index in [1.807, 2.05) is 44.2 Å². The number of nitrogens with one attached hydrogen (secondary N) is 2. The summed E-state index contributed by atoms with van der Waals surface area (Å²) >= 11 is 1.47. The van der Waals surface area contributed by atoms with Crippen molar-refractivity contribution < 1.29 is 4.79 Å². The molecule has 0 fully saturated rings. The SMILES string of the molecule is Cc1[nH]nc(C(=O)NCc2nnc(-c3ccccc3)s2)c1C. The molecule has 0 aliphatic heterocycles. The molecule has 0 radical (unpaired) electrons. The third-order valence-corrected chi connectivity index (χ3v) is 4.33. The Labute approximate surface area is 131 Å². The van der Waals surface area contributed by atoms with Crippen molar-refractivity contribution in [1.29, 1.82) is 0 Å². The number of H-pyrrole nitrogens is 1. The molecule has 0 unspecified atom stereocenters. The number of rotatable bonds is 4. The van der Waals surface area contributed by atoms with Gasteiger partial charge >= 0.3 is 0 Å². The van der Waals surface area contributed by atoms with Crippen LogP contribution in [0.25, 0.3) is 10.6 Å². The highest BCUT2D eigenvalue weighted by molar-refractivity contribution is 7.14. The number of carbonyl (C=O) groups is 1. The van der Waals surface area contributed by atoms with E-state index in [1.54, 1.807) is 0 Å². The monoisotopic (exact) mass is 313 g/mol. The second-order valence-corrected chi connectivity index (χ2v) is 5.93. The van der Waals surface area contributed by atoms with Crippen LogP contribution in [0.4, 0.5) is 0 Å². The normalized spacial score (nSPS) is 10.6. The van der Waals surface area contributed by atoms with E-state index in [1.165, 1.54) is 11.3 Å². The van der Waals surface area contributed by atoms with Crippen LogP contribution in [0.1, 0.15) is 26.8 Å². The smallest absolute Gasteiger partial charge is 0.272 e. The minimum atomic E-state index is -0.210. The summed E-state index contributed by atoms with van der Waals surface area (Å²) in [5, 5.41) is 19.5. The van der Waals surface area contributed by atoms with Gasteiger partial charge in [0.1, 0.15) is 10.0 Å². The van der Waals surface area contributed by atoms with E-state index in [4.69, 9.17) is 0 Å². The summed E-state index contributed by atoms with van der Waals surface area (Å²) < 4.78 is 0. The summed E-state index contributed by atoms with van der Waals surface area (Å²) in [5.74, 6) is -0.210. The van der Waals surface area contributed by atoms with E-state index in [9.17, 15) is 4.79 Å². The number of hydrogen-bond donors (Lipinski definition) is 2. The molecular formula is C15H15N5OS. The van der Waals surface area contributed by atoms with Crippen molar-refractivity contribution in [2.75, 3.05) is 0 Å². The van der Waals surface area contributed by atoms with Crippen LogP contribution in [0.2, 0.25) is 0 Å². The van der Waals surface area contributed by atoms with Crippen LogP contribution in [-0.4, -0.2) is 26.3 Å². The summed E-state index contributed by atoms with van der Waals surface area (Å²) in [6.45, 7) is 4.09. The molecule has 3 rings (SSSR count). The molecule has 7 heteroatoms. The maximum absolute atomic E-state index is 12.1. The lowest BCUT2D eigenvalue weighted by Gasteiger charge is -2.00. The highest BCUT2D eigenvalue weighted by Gasteiger charge is 2.15. The average molecular weight is 313 g/mol. The molecule has 6 nitrogen and oxygen atoms in total. The lowest BCUT2D eigenvalue weighted by Crippen LogP contribution is -2.23. The number of aromatic nitrogens is 4. The van der Waals surface area contributed by atoms with Crippen molar-refractivity contribution >= 4 is 17.2 Å². The highest BCUT2D eigenvalue weighted by Crippen LogP contribution is 2.22. The molecule has 0 saturated heterocycles. The van der Waals surface area contributed by atoms with E-state index < -0.39 is 0 Å². The Bertz CT molecular complexity index is 793. The molecule has 0 aliphatic carbocycles. The quantitative estimate of drug-likeness (QED) is 0.775. The largest absolute Gasteiger partial charge is 0.344 e. The average Bonchev–Trinajstić information content (AvgIpc) is 3.14. The number of carbonyl (C=O) groups excluding carboxylic acids is 1. The fourth-order valence-electron chi connectivity index (χ4n) is 1.97. The Morgan fingerprint density at radius 1 is 1.23 bits per heavy atom. The Morgan fingerprint density at radius 2 is 2.00 bits per heavy atom. The highest BCUT2D eigenvalue weighted by atomic mass is 32.1. The predicted octanol–water partition coefficient (Wildman–Crippen LogP) is 2.48. The van der Waals surface area contributed by atoms with Gasteiger partial charge in [0.2, 0.25) is 0 Å². The molecular weight excluding hydrogens is 298 g/mol. The summed E-state index contributed by atoms with van der Waals surface area (Å²) in [6.07, 6.45) is 0. The van der Waals surface area contributed by atoms with Gasteiger partial charge in [-0.3, -0.25) is 9.89 Å². The van der Waals surface area contributed by atoms with Crippen LogP contribution in [0, 0.1) is 13.8 Å². The first kappa shape index (κ1) is 14.4. The van der Waals surface area contributed by atoms with Crippen molar-refractivity contribution in [3.05, 3.63) is 52.3 Å². The fourth-order valence-corrected chi connectivity index (χ4v) is 2.75. The van der Waals surface area contributed by atoms with Crippen LogP contribution in [-0.2, 0) is 6.54 Å². The molecule has 0 spiro atoms. The summed E-state index contributed by atoms with van der Waals surface area (Å²) in [4.78, 5) is 12.1. The number of aromatic amines is 1.